The first-order valence-electron chi connectivity index (χ1n) is 12.8. The molecule has 146 valence electrons. The number of aliphatic hydroxyl groups is 3. The predicted octanol–water partition coefficient (Wildman–Crippen LogP) is 1.87. The summed E-state index contributed by atoms with van der Waals surface area (Å²) in [6, 6.07) is 0. The molecule has 10 atom stereocenters. The van der Waals surface area contributed by atoms with Gasteiger partial charge in [-0.1, -0.05) is 6.92 Å². The Balaban J connectivity index is 1.65. The number of rotatable bonds is 2. The van der Waals surface area contributed by atoms with Crippen LogP contribution in [0.15, 0.2) is 0 Å². The second-order valence-corrected chi connectivity index (χ2v) is 9.19. The average molecular weight is 371 g/mol. The number of Topliss-reactive ketones (excluding diaryl/α,β-unsaturated/α-hetero) is 1. The van der Waals surface area contributed by atoms with E-state index in [-0.39, 0.29) is 30.5 Å². The maximum Gasteiger partial charge on any atom is 0.162 e. The SMILES string of the molecule is [2H]C1([2H])C[C@]2(C)[C@@H]3[C@@H](CC([2H])([2H])[C@@H]2C([2H])([2H])[C@@H]1O)[C@@H]1CC[C@H](C(=O)CO)[C@@]12C[C@@H]3OC2O. The Morgan fingerprint density at radius 3 is 2.85 bits per heavy atom. The third kappa shape index (κ3) is 2.04. The molecule has 3 N–H and O–H groups in total. The fourth-order valence-corrected chi connectivity index (χ4v) is 7.37. The summed E-state index contributed by atoms with van der Waals surface area (Å²) in [7, 11) is 0. The standard InChI is InChI=1S/C21H32O5/c1-20-7-6-12(23)8-11(20)2-3-13-14-4-5-15(16(24)10-22)21(14)9-17(18(13)20)26-19(21)25/h11-15,17-19,22-23,25H,2-10H2,1H3/t11-,12-,13+,14+,15-,17+,18-,19?,20+,21-/m1/s1/i2D2,6D2,8D2. The lowest BCUT2D eigenvalue weighted by Gasteiger charge is -2.60. The van der Waals surface area contributed by atoms with E-state index >= 15 is 0 Å². The third-order valence-corrected chi connectivity index (χ3v) is 8.33. The molecule has 4 aliphatic carbocycles. The molecular weight excluding hydrogens is 332 g/mol. The van der Waals surface area contributed by atoms with E-state index in [4.69, 9.17) is 13.0 Å². The molecule has 1 aliphatic heterocycles. The minimum Gasteiger partial charge on any atom is -0.393 e. The zero-order valence-electron chi connectivity index (χ0n) is 21.0. The number of carbonyl (C=O) groups is 1. The van der Waals surface area contributed by atoms with E-state index in [9.17, 15) is 20.1 Å². The van der Waals surface area contributed by atoms with Crippen molar-refractivity contribution in [1.29, 1.82) is 0 Å². The minimum absolute atomic E-state index is 0.00614. The molecule has 5 fully saturated rings. The summed E-state index contributed by atoms with van der Waals surface area (Å²) in [6.07, 6.45) is -9.29. The largest absolute Gasteiger partial charge is 0.393 e. The zero-order valence-corrected chi connectivity index (χ0v) is 15.0. The minimum atomic E-state index is -2.48. The molecule has 0 radical (unpaired) electrons. The van der Waals surface area contributed by atoms with Crippen LogP contribution >= 0.6 is 0 Å². The molecule has 5 heteroatoms. The van der Waals surface area contributed by atoms with Gasteiger partial charge in [-0.15, -0.1) is 0 Å². The van der Waals surface area contributed by atoms with Crippen molar-refractivity contribution in [1.82, 2.24) is 0 Å². The zero-order chi connectivity index (χ0) is 23.6. The van der Waals surface area contributed by atoms with Crippen LogP contribution in [0.4, 0.5) is 0 Å². The summed E-state index contributed by atoms with van der Waals surface area (Å²) < 4.78 is 57.8. The lowest BCUT2D eigenvalue weighted by atomic mass is 9.44. The maximum absolute atomic E-state index is 12.6. The molecule has 0 aromatic carbocycles. The average Bonchev–Trinajstić information content (AvgIpc) is 3.17. The predicted molar refractivity (Wildman–Crippen MR) is 93.9 cm³/mol. The molecule has 5 nitrogen and oxygen atoms in total. The fourth-order valence-electron chi connectivity index (χ4n) is 7.37. The quantitative estimate of drug-likeness (QED) is 0.691. The first kappa shape index (κ1) is 12.2. The van der Waals surface area contributed by atoms with Gasteiger partial charge in [-0.3, -0.25) is 4.79 Å². The van der Waals surface area contributed by atoms with E-state index in [1.807, 2.05) is 0 Å². The van der Waals surface area contributed by atoms with Crippen molar-refractivity contribution >= 4 is 5.78 Å². The molecule has 0 amide bonds. The second-order valence-electron chi connectivity index (χ2n) is 9.19. The van der Waals surface area contributed by atoms with E-state index in [0.29, 0.717) is 19.3 Å². The Morgan fingerprint density at radius 2 is 2.08 bits per heavy atom. The van der Waals surface area contributed by atoms with Crippen molar-refractivity contribution in [3.63, 3.8) is 0 Å². The van der Waals surface area contributed by atoms with E-state index in [0.717, 1.165) is 0 Å². The summed E-state index contributed by atoms with van der Waals surface area (Å²) in [5.74, 6) is -3.12. The van der Waals surface area contributed by atoms with Gasteiger partial charge in [0.1, 0.15) is 6.61 Å². The smallest absolute Gasteiger partial charge is 0.162 e. The molecule has 1 saturated heterocycles. The van der Waals surface area contributed by atoms with Gasteiger partial charge in [0.25, 0.3) is 0 Å². The number of ether oxygens (including phenoxy) is 1. The summed E-state index contributed by atoms with van der Waals surface area (Å²) >= 11 is 0. The molecule has 26 heavy (non-hydrogen) atoms. The number of aliphatic hydroxyl groups excluding tert-OH is 3. The summed E-state index contributed by atoms with van der Waals surface area (Å²) in [5.41, 5.74) is -2.05. The van der Waals surface area contributed by atoms with Crippen LogP contribution in [0.25, 0.3) is 0 Å². The Morgan fingerprint density at radius 1 is 1.27 bits per heavy atom. The van der Waals surface area contributed by atoms with Crippen LogP contribution in [0.3, 0.4) is 0 Å². The first-order chi connectivity index (χ1) is 14.6. The molecular formula is C21H32O5. The van der Waals surface area contributed by atoms with Crippen LogP contribution < -0.4 is 0 Å². The molecule has 0 aromatic heterocycles. The number of hydrogen-bond donors (Lipinski definition) is 3. The highest BCUT2D eigenvalue weighted by molar-refractivity contribution is 5.83. The normalized spacial score (nSPS) is 67.2. The van der Waals surface area contributed by atoms with Crippen LogP contribution in [0.5, 0.6) is 0 Å². The Kier molecular flexibility index (Phi) is 2.69. The van der Waals surface area contributed by atoms with E-state index in [1.165, 1.54) is 0 Å². The van der Waals surface area contributed by atoms with Gasteiger partial charge in [-0.05, 0) is 80.3 Å². The van der Waals surface area contributed by atoms with Crippen LogP contribution in [0, 0.1) is 40.4 Å². The lowest BCUT2D eigenvalue weighted by molar-refractivity contribution is -0.162. The van der Waals surface area contributed by atoms with Gasteiger partial charge in [-0.25, -0.2) is 0 Å². The number of ketones is 1. The van der Waals surface area contributed by atoms with Crippen LogP contribution in [-0.4, -0.2) is 46.2 Å². The third-order valence-electron chi connectivity index (χ3n) is 8.33. The van der Waals surface area contributed by atoms with Gasteiger partial charge < -0.3 is 20.1 Å². The summed E-state index contributed by atoms with van der Waals surface area (Å²) in [6.45, 7) is 1.10. The fraction of sp³-hybridized carbons (Fsp3) is 0.952. The van der Waals surface area contributed by atoms with Crippen molar-refractivity contribution < 1.29 is 33.1 Å². The Labute approximate surface area is 163 Å². The molecule has 4 saturated carbocycles. The van der Waals surface area contributed by atoms with Crippen LogP contribution in [0.1, 0.15) is 66.4 Å². The van der Waals surface area contributed by atoms with Gasteiger partial charge in [0.15, 0.2) is 12.1 Å². The van der Waals surface area contributed by atoms with Crippen LogP contribution in [0.2, 0.25) is 0 Å². The number of carbonyl (C=O) groups excluding carboxylic acids is 1. The molecule has 5 aliphatic rings. The highest BCUT2D eigenvalue weighted by atomic mass is 16.6. The van der Waals surface area contributed by atoms with Gasteiger partial charge in [-0.2, -0.15) is 0 Å². The van der Waals surface area contributed by atoms with Crippen molar-refractivity contribution in [2.75, 3.05) is 6.61 Å². The summed E-state index contributed by atoms with van der Waals surface area (Å²) in [4.78, 5) is 12.6. The van der Waals surface area contributed by atoms with Gasteiger partial charge in [0, 0.05) is 19.6 Å². The molecule has 0 aromatic rings. The number of hydrogen-bond acceptors (Lipinski definition) is 5. The van der Waals surface area contributed by atoms with Crippen molar-refractivity contribution in [3.8, 4) is 0 Å². The molecule has 1 heterocycles. The molecule has 1 unspecified atom stereocenters. The monoisotopic (exact) mass is 370 g/mol. The lowest BCUT2D eigenvalue weighted by Crippen LogP contribution is -2.58. The molecule has 2 bridgehead atoms. The van der Waals surface area contributed by atoms with Crippen LogP contribution in [-0.2, 0) is 9.53 Å². The number of fused-ring (bicyclic) bond motifs is 6. The van der Waals surface area contributed by atoms with Gasteiger partial charge in [0.2, 0.25) is 0 Å². The first-order valence-corrected chi connectivity index (χ1v) is 9.80. The Bertz CT molecular complexity index is 837. The van der Waals surface area contributed by atoms with Gasteiger partial charge in [0.05, 0.1) is 12.2 Å². The topological polar surface area (TPSA) is 87.0 Å². The van der Waals surface area contributed by atoms with E-state index in [2.05, 4.69) is 0 Å². The highest BCUT2D eigenvalue weighted by Crippen LogP contribution is 2.71. The summed E-state index contributed by atoms with van der Waals surface area (Å²) in [5, 5.41) is 31.1. The maximum atomic E-state index is 12.6. The highest BCUT2D eigenvalue weighted by Gasteiger charge is 2.71. The molecule has 5 rings (SSSR count). The van der Waals surface area contributed by atoms with Crippen molar-refractivity contribution in [3.05, 3.63) is 0 Å². The molecule has 1 spiro atoms. The Hall–Kier alpha value is -0.490. The van der Waals surface area contributed by atoms with E-state index in [1.54, 1.807) is 6.92 Å². The van der Waals surface area contributed by atoms with Gasteiger partial charge >= 0.3 is 0 Å². The van der Waals surface area contributed by atoms with E-state index < -0.39 is 72.8 Å². The van der Waals surface area contributed by atoms with Crippen molar-refractivity contribution in [2.24, 2.45) is 40.4 Å². The van der Waals surface area contributed by atoms with Crippen molar-refractivity contribution in [2.45, 2.75) is 76.6 Å². The second kappa shape index (κ2) is 5.76.